The van der Waals surface area contributed by atoms with Crippen LogP contribution in [-0.4, -0.2) is 35.0 Å². The Morgan fingerprint density at radius 1 is 1.65 bits per heavy atom. The quantitative estimate of drug-likeness (QED) is 0.616. The van der Waals surface area contributed by atoms with Crippen molar-refractivity contribution in [3.05, 3.63) is 23.3 Å². The monoisotopic (exact) mass is 313 g/mol. The van der Waals surface area contributed by atoms with Crippen LogP contribution in [0, 0.1) is 0 Å². The van der Waals surface area contributed by atoms with Gasteiger partial charge in [-0.2, -0.15) is 16.7 Å². The second kappa shape index (κ2) is 7.41. The summed E-state index contributed by atoms with van der Waals surface area (Å²) >= 11 is 3.16. The molecule has 20 heavy (non-hydrogen) atoms. The third kappa shape index (κ3) is 4.06. The standard InChI is InChI=1S/C12H15N3O3S2/c1-17-12(16)8(13)4-6-19-7-10-14-11(18-15-10)9-3-2-5-20-9/h2-3,5,8H,4,6-7,13H2,1H3. The summed E-state index contributed by atoms with van der Waals surface area (Å²) in [5, 5.41) is 5.88. The molecule has 0 saturated heterocycles. The molecule has 2 rings (SSSR count). The number of esters is 1. The molecule has 0 saturated carbocycles. The zero-order valence-electron chi connectivity index (χ0n) is 10.9. The molecule has 1 atom stereocenters. The molecule has 6 nitrogen and oxygen atoms in total. The lowest BCUT2D eigenvalue weighted by Gasteiger charge is -2.07. The predicted molar refractivity (Wildman–Crippen MR) is 78.4 cm³/mol. The summed E-state index contributed by atoms with van der Waals surface area (Å²) in [5.74, 6) is 2.17. The lowest BCUT2D eigenvalue weighted by molar-refractivity contribution is -0.142. The first kappa shape index (κ1) is 15.0. The number of methoxy groups -OCH3 is 1. The normalized spacial score (nSPS) is 12.3. The molecule has 0 aromatic carbocycles. The number of carbonyl (C=O) groups is 1. The van der Waals surface area contributed by atoms with Crippen molar-refractivity contribution in [3.8, 4) is 10.8 Å². The highest BCUT2D eigenvalue weighted by molar-refractivity contribution is 7.98. The highest BCUT2D eigenvalue weighted by atomic mass is 32.2. The molecule has 0 spiro atoms. The van der Waals surface area contributed by atoms with Gasteiger partial charge in [0.05, 0.1) is 17.7 Å². The summed E-state index contributed by atoms with van der Waals surface area (Å²) in [6.45, 7) is 0. The van der Waals surface area contributed by atoms with E-state index in [4.69, 9.17) is 10.3 Å². The van der Waals surface area contributed by atoms with Crippen LogP contribution in [0.25, 0.3) is 10.8 Å². The van der Waals surface area contributed by atoms with Gasteiger partial charge >= 0.3 is 5.97 Å². The van der Waals surface area contributed by atoms with Crippen molar-refractivity contribution in [2.75, 3.05) is 12.9 Å². The highest BCUT2D eigenvalue weighted by Crippen LogP contribution is 2.23. The van der Waals surface area contributed by atoms with Gasteiger partial charge < -0.3 is 15.0 Å². The summed E-state index contributed by atoms with van der Waals surface area (Å²) < 4.78 is 9.74. The lowest BCUT2D eigenvalue weighted by atomic mass is 10.2. The van der Waals surface area contributed by atoms with Crippen molar-refractivity contribution in [1.29, 1.82) is 0 Å². The second-order valence-corrected chi connectivity index (χ2v) is 6.02. The van der Waals surface area contributed by atoms with Crippen LogP contribution < -0.4 is 5.73 Å². The van der Waals surface area contributed by atoms with Gasteiger partial charge in [0.15, 0.2) is 5.82 Å². The Hall–Kier alpha value is -1.38. The van der Waals surface area contributed by atoms with Gasteiger partial charge in [-0.3, -0.25) is 4.79 Å². The minimum Gasteiger partial charge on any atom is -0.468 e. The average molecular weight is 313 g/mol. The Bertz CT molecular complexity index is 542. The molecule has 0 fully saturated rings. The Morgan fingerprint density at radius 2 is 2.50 bits per heavy atom. The Kier molecular flexibility index (Phi) is 5.57. The van der Waals surface area contributed by atoms with Gasteiger partial charge in [0, 0.05) is 0 Å². The van der Waals surface area contributed by atoms with Crippen molar-refractivity contribution < 1.29 is 14.1 Å². The first-order valence-electron chi connectivity index (χ1n) is 5.98. The average Bonchev–Trinajstić information content (AvgIpc) is 3.12. The molecule has 108 valence electrons. The van der Waals surface area contributed by atoms with E-state index < -0.39 is 6.04 Å². The number of ether oxygens (including phenoxy) is 1. The zero-order chi connectivity index (χ0) is 14.4. The fraction of sp³-hybridized carbons (Fsp3) is 0.417. The largest absolute Gasteiger partial charge is 0.468 e. The molecular weight excluding hydrogens is 298 g/mol. The van der Waals surface area contributed by atoms with Crippen LogP contribution in [0.4, 0.5) is 0 Å². The highest BCUT2D eigenvalue weighted by Gasteiger charge is 2.13. The fourth-order valence-electron chi connectivity index (χ4n) is 1.46. The number of nitrogens with zero attached hydrogens (tertiary/aromatic N) is 2. The van der Waals surface area contributed by atoms with E-state index in [0.717, 1.165) is 10.6 Å². The Morgan fingerprint density at radius 3 is 3.20 bits per heavy atom. The van der Waals surface area contributed by atoms with Crippen molar-refractivity contribution >= 4 is 29.1 Å². The van der Waals surface area contributed by atoms with E-state index in [-0.39, 0.29) is 5.97 Å². The summed E-state index contributed by atoms with van der Waals surface area (Å²) in [6, 6.07) is 3.30. The molecule has 0 aliphatic carbocycles. The molecule has 2 aromatic heterocycles. The molecule has 1 unspecified atom stereocenters. The Labute approximate surface area is 124 Å². The molecule has 0 radical (unpaired) electrons. The number of hydrogen-bond donors (Lipinski definition) is 1. The molecule has 2 aromatic rings. The second-order valence-electron chi connectivity index (χ2n) is 3.96. The van der Waals surface area contributed by atoms with Crippen molar-refractivity contribution in [2.24, 2.45) is 5.73 Å². The van der Waals surface area contributed by atoms with Crippen LogP contribution in [0.1, 0.15) is 12.2 Å². The molecule has 0 aliphatic rings. The van der Waals surface area contributed by atoms with Crippen molar-refractivity contribution in [2.45, 2.75) is 18.2 Å². The third-order valence-corrected chi connectivity index (χ3v) is 4.35. The smallest absolute Gasteiger partial charge is 0.322 e. The van der Waals surface area contributed by atoms with E-state index in [0.29, 0.717) is 23.9 Å². The molecule has 0 aliphatic heterocycles. The summed E-state index contributed by atoms with van der Waals surface area (Å²) in [4.78, 5) is 16.4. The molecular formula is C12H15N3O3S2. The number of thiophene rings is 1. The van der Waals surface area contributed by atoms with Gasteiger partial charge in [0.2, 0.25) is 0 Å². The summed E-state index contributed by atoms with van der Waals surface area (Å²) in [6.07, 6.45) is 0.562. The van der Waals surface area contributed by atoms with Gasteiger partial charge in [-0.05, 0) is 23.6 Å². The van der Waals surface area contributed by atoms with Gasteiger partial charge in [0.1, 0.15) is 6.04 Å². The predicted octanol–water partition coefficient (Wildman–Crippen LogP) is 1.92. The van der Waals surface area contributed by atoms with E-state index in [9.17, 15) is 4.79 Å². The summed E-state index contributed by atoms with van der Waals surface area (Å²) in [7, 11) is 1.33. The van der Waals surface area contributed by atoms with Crippen molar-refractivity contribution in [3.63, 3.8) is 0 Å². The number of carbonyl (C=O) groups excluding carboxylic acids is 1. The summed E-state index contributed by atoms with van der Waals surface area (Å²) in [5.41, 5.74) is 5.64. The maximum Gasteiger partial charge on any atom is 0.322 e. The van der Waals surface area contributed by atoms with Gasteiger partial charge in [0.25, 0.3) is 5.89 Å². The van der Waals surface area contributed by atoms with E-state index in [1.165, 1.54) is 7.11 Å². The molecule has 2 heterocycles. The molecule has 2 N–H and O–H groups in total. The van der Waals surface area contributed by atoms with Crippen LogP contribution in [0.3, 0.4) is 0 Å². The maximum absolute atomic E-state index is 11.1. The first-order valence-corrected chi connectivity index (χ1v) is 8.01. The first-order chi connectivity index (χ1) is 9.70. The SMILES string of the molecule is COC(=O)C(N)CCSCc1noc(-c2cccs2)n1. The lowest BCUT2D eigenvalue weighted by Crippen LogP contribution is -2.31. The van der Waals surface area contributed by atoms with Crippen LogP contribution in [-0.2, 0) is 15.3 Å². The van der Waals surface area contributed by atoms with E-state index >= 15 is 0 Å². The number of thioether (sulfide) groups is 1. The minimum absolute atomic E-state index is 0.384. The Balaban J connectivity index is 1.74. The van der Waals surface area contributed by atoms with E-state index in [1.807, 2.05) is 17.5 Å². The maximum atomic E-state index is 11.1. The zero-order valence-corrected chi connectivity index (χ0v) is 12.6. The van der Waals surface area contributed by atoms with Crippen LogP contribution in [0.15, 0.2) is 22.0 Å². The van der Waals surface area contributed by atoms with Gasteiger partial charge in [-0.25, -0.2) is 0 Å². The number of rotatable bonds is 7. The molecule has 0 amide bonds. The minimum atomic E-state index is -0.570. The van der Waals surface area contributed by atoms with Gasteiger partial charge in [-0.1, -0.05) is 11.2 Å². The third-order valence-electron chi connectivity index (χ3n) is 2.51. The molecule has 0 bridgehead atoms. The van der Waals surface area contributed by atoms with Crippen LogP contribution in [0.2, 0.25) is 0 Å². The van der Waals surface area contributed by atoms with E-state index in [2.05, 4.69) is 14.9 Å². The fourth-order valence-corrected chi connectivity index (χ4v) is 2.97. The number of hydrogen-bond acceptors (Lipinski definition) is 8. The van der Waals surface area contributed by atoms with E-state index in [1.54, 1.807) is 23.1 Å². The van der Waals surface area contributed by atoms with Gasteiger partial charge in [-0.15, -0.1) is 11.3 Å². The van der Waals surface area contributed by atoms with Crippen LogP contribution in [0.5, 0.6) is 0 Å². The number of nitrogens with two attached hydrogens (primary N) is 1. The molecule has 8 heteroatoms. The van der Waals surface area contributed by atoms with Crippen LogP contribution >= 0.6 is 23.1 Å². The number of aromatic nitrogens is 2. The topological polar surface area (TPSA) is 91.2 Å². The van der Waals surface area contributed by atoms with Crippen molar-refractivity contribution in [1.82, 2.24) is 10.1 Å².